The number of hydrogen-bond acceptors (Lipinski definition) is 2. The molecular formula is C15H15BrCl2N2. The van der Waals surface area contributed by atoms with Crippen molar-refractivity contribution in [2.24, 2.45) is 5.41 Å². The van der Waals surface area contributed by atoms with Gasteiger partial charge in [-0.05, 0) is 23.1 Å². The Morgan fingerprint density at radius 2 is 1.50 bits per heavy atom. The lowest BCUT2D eigenvalue weighted by Crippen LogP contribution is -2.12. The summed E-state index contributed by atoms with van der Waals surface area (Å²) in [6.45, 7) is 6.38. The fourth-order valence-electron chi connectivity index (χ4n) is 1.86. The first-order chi connectivity index (χ1) is 9.26. The normalized spacial score (nSPS) is 11.7. The molecule has 0 atom stereocenters. The van der Waals surface area contributed by atoms with Gasteiger partial charge in [0.1, 0.15) is 16.1 Å². The molecule has 0 amide bonds. The van der Waals surface area contributed by atoms with Gasteiger partial charge >= 0.3 is 0 Å². The van der Waals surface area contributed by atoms with Crippen molar-refractivity contribution >= 4 is 39.1 Å². The van der Waals surface area contributed by atoms with Crippen LogP contribution in [-0.4, -0.2) is 9.97 Å². The van der Waals surface area contributed by atoms with Gasteiger partial charge in [0.2, 0.25) is 0 Å². The van der Waals surface area contributed by atoms with Crippen LogP contribution in [0.5, 0.6) is 0 Å². The molecule has 0 aliphatic carbocycles. The molecule has 0 fully saturated rings. The Morgan fingerprint density at radius 3 is 1.95 bits per heavy atom. The fraction of sp³-hybridized carbons (Fsp3) is 0.333. The van der Waals surface area contributed by atoms with Crippen LogP contribution in [0.3, 0.4) is 0 Å². The number of rotatable bonds is 2. The summed E-state index contributed by atoms with van der Waals surface area (Å²) in [5.74, 6) is 0.674. The van der Waals surface area contributed by atoms with Gasteiger partial charge in [0.15, 0.2) is 0 Å². The largest absolute Gasteiger partial charge is 0.220 e. The summed E-state index contributed by atoms with van der Waals surface area (Å²) in [5.41, 5.74) is 1.68. The number of nitrogens with zero attached hydrogens (tertiary/aromatic N) is 2. The molecule has 1 heterocycles. The van der Waals surface area contributed by atoms with Crippen molar-refractivity contribution in [2.75, 3.05) is 0 Å². The molecule has 1 aromatic heterocycles. The molecule has 0 N–H and O–H groups in total. The third kappa shape index (κ3) is 3.94. The number of halogens is 3. The van der Waals surface area contributed by atoms with Crippen LogP contribution in [0.1, 0.15) is 26.6 Å². The average molecular weight is 374 g/mol. The molecule has 0 bridgehead atoms. The molecule has 106 valence electrons. The van der Waals surface area contributed by atoms with E-state index >= 15 is 0 Å². The average Bonchev–Trinajstić information content (AvgIpc) is 2.28. The summed E-state index contributed by atoms with van der Waals surface area (Å²) in [7, 11) is 0. The molecular weight excluding hydrogens is 359 g/mol. The minimum atomic E-state index is 0.0891. The molecule has 0 aliphatic heterocycles. The third-order valence-electron chi connectivity index (χ3n) is 2.69. The Labute approximate surface area is 137 Å². The Morgan fingerprint density at radius 1 is 1.00 bits per heavy atom. The van der Waals surface area contributed by atoms with Crippen LogP contribution in [-0.2, 0) is 6.42 Å². The molecule has 2 rings (SSSR count). The molecule has 2 aromatic rings. The lowest BCUT2D eigenvalue weighted by molar-refractivity contribution is 0.400. The van der Waals surface area contributed by atoms with Crippen LogP contribution in [0.4, 0.5) is 0 Å². The van der Waals surface area contributed by atoms with Crippen LogP contribution in [0.25, 0.3) is 11.1 Å². The monoisotopic (exact) mass is 372 g/mol. The van der Waals surface area contributed by atoms with Gasteiger partial charge in [0.05, 0.1) is 5.56 Å². The second-order valence-electron chi connectivity index (χ2n) is 5.84. The van der Waals surface area contributed by atoms with Crippen LogP contribution < -0.4 is 0 Å². The molecule has 0 radical (unpaired) electrons. The van der Waals surface area contributed by atoms with Crippen molar-refractivity contribution in [3.63, 3.8) is 0 Å². The number of hydrogen-bond donors (Lipinski definition) is 0. The topological polar surface area (TPSA) is 25.8 Å². The summed E-state index contributed by atoms with van der Waals surface area (Å²) in [6.07, 6.45) is 0.729. The van der Waals surface area contributed by atoms with Crippen molar-refractivity contribution in [1.29, 1.82) is 0 Å². The van der Waals surface area contributed by atoms with E-state index in [1.54, 1.807) is 0 Å². The second kappa shape index (κ2) is 6.00. The zero-order valence-corrected chi connectivity index (χ0v) is 14.6. The van der Waals surface area contributed by atoms with Crippen molar-refractivity contribution in [3.05, 3.63) is 44.9 Å². The van der Waals surface area contributed by atoms with Gasteiger partial charge in [0, 0.05) is 10.9 Å². The highest BCUT2D eigenvalue weighted by Crippen LogP contribution is 2.33. The van der Waals surface area contributed by atoms with Crippen LogP contribution in [0, 0.1) is 5.41 Å². The minimum Gasteiger partial charge on any atom is -0.220 e. The SMILES string of the molecule is CC(C)(C)Cc1nc(Cl)c(-c2ccc(Br)cc2)c(Cl)n1. The molecule has 0 unspecified atom stereocenters. The minimum absolute atomic E-state index is 0.0891. The third-order valence-corrected chi connectivity index (χ3v) is 3.76. The summed E-state index contributed by atoms with van der Waals surface area (Å²) in [4.78, 5) is 8.75. The Balaban J connectivity index is 2.43. The zero-order chi connectivity index (χ0) is 14.9. The molecule has 2 nitrogen and oxygen atoms in total. The smallest absolute Gasteiger partial charge is 0.142 e. The van der Waals surface area contributed by atoms with E-state index in [0.29, 0.717) is 21.7 Å². The quantitative estimate of drug-likeness (QED) is 0.621. The van der Waals surface area contributed by atoms with Crippen LogP contribution >= 0.6 is 39.1 Å². The lowest BCUT2D eigenvalue weighted by atomic mass is 9.92. The van der Waals surface area contributed by atoms with E-state index in [1.807, 2.05) is 24.3 Å². The highest BCUT2D eigenvalue weighted by Gasteiger charge is 2.18. The predicted molar refractivity (Wildman–Crippen MR) is 88.3 cm³/mol. The lowest BCUT2D eigenvalue weighted by Gasteiger charge is -2.17. The molecule has 0 saturated carbocycles. The van der Waals surface area contributed by atoms with E-state index in [4.69, 9.17) is 23.2 Å². The molecule has 0 aliphatic rings. The highest BCUT2D eigenvalue weighted by atomic mass is 79.9. The molecule has 5 heteroatoms. The molecule has 1 aromatic carbocycles. The standard InChI is InChI=1S/C15H15BrCl2N2/c1-15(2,3)8-11-19-13(17)12(14(18)20-11)9-4-6-10(16)7-5-9/h4-7H,8H2,1-3H3. The maximum atomic E-state index is 6.29. The van der Waals surface area contributed by atoms with E-state index in [0.717, 1.165) is 16.5 Å². The summed E-state index contributed by atoms with van der Waals surface area (Å²) in [5, 5.41) is 0.790. The van der Waals surface area contributed by atoms with Crippen LogP contribution in [0.2, 0.25) is 10.3 Å². The summed E-state index contributed by atoms with van der Waals surface area (Å²) >= 11 is 16.0. The van der Waals surface area contributed by atoms with E-state index in [2.05, 4.69) is 46.7 Å². The summed E-state index contributed by atoms with van der Waals surface area (Å²) < 4.78 is 0.999. The predicted octanol–water partition coefficient (Wildman–Crippen LogP) is 5.80. The maximum absolute atomic E-state index is 6.29. The molecule has 0 spiro atoms. The van der Waals surface area contributed by atoms with Crippen LogP contribution in [0.15, 0.2) is 28.7 Å². The van der Waals surface area contributed by atoms with Gasteiger partial charge in [-0.2, -0.15) is 0 Å². The van der Waals surface area contributed by atoms with E-state index in [9.17, 15) is 0 Å². The first-order valence-corrected chi connectivity index (χ1v) is 7.79. The Kier molecular flexibility index (Phi) is 4.73. The van der Waals surface area contributed by atoms with Gasteiger partial charge in [-0.3, -0.25) is 0 Å². The zero-order valence-electron chi connectivity index (χ0n) is 11.5. The van der Waals surface area contributed by atoms with Crippen molar-refractivity contribution in [1.82, 2.24) is 9.97 Å². The van der Waals surface area contributed by atoms with Gasteiger partial charge in [-0.15, -0.1) is 0 Å². The second-order valence-corrected chi connectivity index (χ2v) is 7.47. The van der Waals surface area contributed by atoms with Crippen molar-refractivity contribution in [2.45, 2.75) is 27.2 Å². The number of benzene rings is 1. The summed E-state index contributed by atoms with van der Waals surface area (Å²) in [6, 6.07) is 7.74. The van der Waals surface area contributed by atoms with Gasteiger partial charge < -0.3 is 0 Å². The Bertz CT molecular complexity index is 596. The van der Waals surface area contributed by atoms with Gasteiger partial charge in [-0.1, -0.05) is 72.0 Å². The maximum Gasteiger partial charge on any atom is 0.142 e. The first-order valence-electron chi connectivity index (χ1n) is 6.24. The van der Waals surface area contributed by atoms with Gasteiger partial charge in [-0.25, -0.2) is 9.97 Å². The number of aromatic nitrogens is 2. The molecule has 20 heavy (non-hydrogen) atoms. The van der Waals surface area contributed by atoms with Crippen molar-refractivity contribution < 1.29 is 0 Å². The fourth-order valence-corrected chi connectivity index (χ4v) is 2.76. The van der Waals surface area contributed by atoms with Crippen molar-refractivity contribution in [3.8, 4) is 11.1 Å². The van der Waals surface area contributed by atoms with E-state index in [-0.39, 0.29) is 5.41 Å². The molecule has 0 saturated heterocycles. The highest BCUT2D eigenvalue weighted by molar-refractivity contribution is 9.10. The first kappa shape index (κ1) is 15.7. The van der Waals surface area contributed by atoms with E-state index in [1.165, 1.54) is 0 Å². The Hall–Kier alpha value is -0.640. The van der Waals surface area contributed by atoms with E-state index < -0.39 is 0 Å². The van der Waals surface area contributed by atoms with Gasteiger partial charge in [0.25, 0.3) is 0 Å².